The van der Waals surface area contributed by atoms with Gasteiger partial charge in [0.05, 0.1) is 0 Å². The van der Waals surface area contributed by atoms with Gasteiger partial charge in [0.15, 0.2) is 0 Å². The maximum Gasteiger partial charge on any atom is 0.218 e. The third-order valence-electron chi connectivity index (χ3n) is 0.944. The highest BCUT2D eigenvalue weighted by Gasteiger charge is 1.96. The third kappa shape index (κ3) is 7.82. The summed E-state index contributed by atoms with van der Waals surface area (Å²) >= 11 is 1.79. The summed E-state index contributed by atoms with van der Waals surface area (Å²) in [7, 11) is 0. The van der Waals surface area contributed by atoms with Gasteiger partial charge in [-0.3, -0.25) is 4.79 Å². The fourth-order valence-electron chi connectivity index (χ4n) is 0.492. The smallest absolute Gasteiger partial charge is 0.218 e. The lowest BCUT2D eigenvalue weighted by atomic mass is 10.3. The average Bonchev–Trinajstić information content (AvgIpc) is 1.79. The molecule has 2 nitrogen and oxygen atoms in total. The molecule has 2 N–H and O–H groups in total. The van der Waals surface area contributed by atoms with Crippen LogP contribution in [0.1, 0.15) is 20.3 Å². The molecular formula is C7H15NOS. The van der Waals surface area contributed by atoms with E-state index in [-0.39, 0.29) is 5.91 Å². The van der Waals surface area contributed by atoms with Crippen LogP contribution in [0.4, 0.5) is 0 Å². The molecule has 0 aromatic carbocycles. The SMILES string of the molecule is CC(C)CSCCC(N)=O. The monoisotopic (exact) mass is 161 g/mol. The first-order chi connectivity index (χ1) is 4.63. The Morgan fingerprint density at radius 1 is 1.60 bits per heavy atom. The number of primary amides is 1. The summed E-state index contributed by atoms with van der Waals surface area (Å²) in [5, 5.41) is 0. The van der Waals surface area contributed by atoms with Crippen molar-refractivity contribution in [1.82, 2.24) is 0 Å². The number of hydrogen-bond donors (Lipinski definition) is 1. The Bertz CT molecular complexity index is 104. The van der Waals surface area contributed by atoms with Crippen molar-refractivity contribution < 1.29 is 4.79 Å². The molecule has 0 saturated carbocycles. The maximum atomic E-state index is 10.3. The van der Waals surface area contributed by atoms with Gasteiger partial charge < -0.3 is 5.73 Å². The normalized spacial score (nSPS) is 10.3. The number of carbonyl (C=O) groups excluding carboxylic acids is 1. The van der Waals surface area contributed by atoms with Crippen LogP contribution < -0.4 is 5.73 Å². The van der Waals surface area contributed by atoms with Gasteiger partial charge in [-0.15, -0.1) is 0 Å². The van der Waals surface area contributed by atoms with E-state index in [4.69, 9.17) is 5.73 Å². The van der Waals surface area contributed by atoms with Crippen LogP contribution in [0, 0.1) is 5.92 Å². The number of nitrogens with two attached hydrogens (primary N) is 1. The molecule has 60 valence electrons. The second kappa shape index (κ2) is 5.59. The molecule has 0 aliphatic heterocycles. The fourth-order valence-corrected chi connectivity index (χ4v) is 1.48. The molecule has 3 heteroatoms. The van der Waals surface area contributed by atoms with Crippen molar-refractivity contribution >= 4 is 17.7 Å². The van der Waals surface area contributed by atoms with Gasteiger partial charge >= 0.3 is 0 Å². The number of hydrogen-bond acceptors (Lipinski definition) is 2. The molecule has 0 unspecified atom stereocenters. The van der Waals surface area contributed by atoms with Crippen molar-refractivity contribution in [3.05, 3.63) is 0 Å². The second-order valence-corrected chi connectivity index (χ2v) is 3.83. The molecule has 10 heavy (non-hydrogen) atoms. The number of carbonyl (C=O) groups is 1. The molecule has 0 fully saturated rings. The zero-order chi connectivity index (χ0) is 7.98. The molecule has 0 radical (unpaired) electrons. The topological polar surface area (TPSA) is 43.1 Å². The van der Waals surface area contributed by atoms with Crippen LogP contribution in [-0.2, 0) is 4.79 Å². The molecule has 0 aromatic heterocycles. The minimum Gasteiger partial charge on any atom is -0.370 e. The third-order valence-corrected chi connectivity index (χ3v) is 2.34. The van der Waals surface area contributed by atoms with Crippen molar-refractivity contribution in [3.63, 3.8) is 0 Å². The van der Waals surface area contributed by atoms with E-state index >= 15 is 0 Å². The lowest BCUT2D eigenvalue weighted by Gasteiger charge is -2.01. The van der Waals surface area contributed by atoms with E-state index in [0.717, 1.165) is 11.5 Å². The van der Waals surface area contributed by atoms with E-state index in [1.807, 2.05) is 0 Å². The first kappa shape index (κ1) is 9.82. The Morgan fingerprint density at radius 2 is 2.20 bits per heavy atom. The van der Waals surface area contributed by atoms with Crippen molar-refractivity contribution in [2.24, 2.45) is 11.7 Å². The fraction of sp³-hybridized carbons (Fsp3) is 0.857. The van der Waals surface area contributed by atoms with Crippen molar-refractivity contribution in [2.45, 2.75) is 20.3 Å². The highest BCUT2D eigenvalue weighted by molar-refractivity contribution is 7.99. The van der Waals surface area contributed by atoms with Crippen molar-refractivity contribution in [1.29, 1.82) is 0 Å². The lowest BCUT2D eigenvalue weighted by molar-refractivity contribution is -0.117. The molecule has 0 atom stereocenters. The average molecular weight is 161 g/mol. The largest absolute Gasteiger partial charge is 0.370 e. The van der Waals surface area contributed by atoms with E-state index < -0.39 is 0 Å². The lowest BCUT2D eigenvalue weighted by Crippen LogP contribution is -2.11. The van der Waals surface area contributed by atoms with Gasteiger partial charge in [-0.25, -0.2) is 0 Å². The molecular weight excluding hydrogens is 146 g/mol. The number of rotatable bonds is 5. The molecule has 0 heterocycles. The standard InChI is InChI=1S/C7H15NOS/c1-6(2)5-10-4-3-7(8)9/h6H,3-5H2,1-2H3,(H2,8,9). The molecule has 0 aliphatic carbocycles. The Hall–Kier alpha value is -0.180. The van der Waals surface area contributed by atoms with Crippen LogP contribution in [0.2, 0.25) is 0 Å². The first-order valence-electron chi connectivity index (χ1n) is 3.49. The summed E-state index contributed by atoms with van der Waals surface area (Å²) in [6, 6.07) is 0. The predicted octanol–water partition coefficient (Wildman–Crippen LogP) is 1.25. The zero-order valence-corrected chi connectivity index (χ0v) is 7.41. The molecule has 0 aliphatic rings. The van der Waals surface area contributed by atoms with Crippen LogP contribution in [0.3, 0.4) is 0 Å². The Labute approximate surface area is 66.6 Å². The van der Waals surface area contributed by atoms with Gasteiger partial charge in [0.1, 0.15) is 0 Å². The summed E-state index contributed by atoms with van der Waals surface area (Å²) in [5.41, 5.74) is 4.96. The van der Waals surface area contributed by atoms with Crippen LogP contribution in [0.5, 0.6) is 0 Å². The molecule has 0 rings (SSSR count). The van der Waals surface area contributed by atoms with E-state index in [0.29, 0.717) is 12.3 Å². The first-order valence-corrected chi connectivity index (χ1v) is 4.64. The molecule has 0 aromatic rings. The predicted molar refractivity (Wildman–Crippen MR) is 46.0 cm³/mol. The van der Waals surface area contributed by atoms with Crippen LogP contribution in [0.15, 0.2) is 0 Å². The maximum absolute atomic E-state index is 10.3. The zero-order valence-electron chi connectivity index (χ0n) is 6.59. The summed E-state index contributed by atoms with van der Waals surface area (Å²) in [4.78, 5) is 10.3. The van der Waals surface area contributed by atoms with E-state index in [1.165, 1.54) is 0 Å². The highest BCUT2D eigenvalue weighted by Crippen LogP contribution is 2.07. The van der Waals surface area contributed by atoms with Gasteiger partial charge in [-0.2, -0.15) is 11.8 Å². The highest BCUT2D eigenvalue weighted by atomic mass is 32.2. The summed E-state index contributed by atoms with van der Waals surface area (Å²) in [6.45, 7) is 4.33. The van der Waals surface area contributed by atoms with Crippen molar-refractivity contribution in [3.8, 4) is 0 Å². The molecule has 0 saturated heterocycles. The quantitative estimate of drug-likeness (QED) is 0.617. The Morgan fingerprint density at radius 3 is 2.60 bits per heavy atom. The minimum absolute atomic E-state index is 0.198. The Balaban J connectivity index is 2.98. The number of thioether (sulfide) groups is 1. The summed E-state index contributed by atoms with van der Waals surface area (Å²) < 4.78 is 0. The van der Waals surface area contributed by atoms with Crippen LogP contribution in [0.25, 0.3) is 0 Å². The minimum atomic E-state index is -0.198. The summed E-state index contributed by atoms with van der Waals surface area (Å²) in [6.07, 6.45) is 0.511. The second-order valence-electron chi connectivity index (χ2n) is 2.69. The van der Waals surface area contributed by atoms with Gasteiger partial charge in [-0.1, -0.05) is 13.8 Å². The summed E-state index contributed by atoms with van der Waals surface area (Å²) in [5.74, 6) is 2.50. The van der Waals surface area contributed by atoms with Gasteiger partial charge in [-0.05, 0) is 11.7 Å². The van der Waals surface area contributed by atoms with Gasteiger partial charge in [0, 0.05) is 12.2 Å². The number of amides is 1. The molecule has 1 amide bonds. The Kier molecular flexibility index (Phi) is 5.49. The van der Waals surface area contributed by atoms with Crippen LogP contribution >= 0.6 is 11.8 Å². The van der Waals surface area contributed by atoms with E-state index in [1.54, 1.807) is 11.8 Å². The van der Waals surface area contributed by atoms with Gasteiger partial charge in [0.25, 0.3) is 0 Å². The van der Waals surface area contributed by atoms with Gasteiger partial charge in [0.2, 0.25) is 5.91 Å². The molecule has 0 spiro atoms. The molecule has 0 bridgehead atoms. The van der Waals surface area contributed by atoms with E-state index in [2.05, 4.69) is 13.8 Å². The van der Waals surface area contributed by atoms with E-state index in [9.17, 15) is 4.79 Å². The van der Waals surface area contributed by atoms with Crippen LogP contribution in [-0.4, -0.2) is 17.4 Å². The van der Waals surface area contributed by atoms with Crippen molar-refractivity contribution in [2.75, 3.05) is 11.5 Å².